The van der Waals surface area contributed by atoms with E-state index in [1.807, 2.05) is 0 Å². The number of aromatic nitrogens is 2. The highest BCUT2D eigenvalue weighted by molar-refractivity contribution is 7.20. The van der Waals surface area contributed by atoms with Gasteiger partial charge in [0.05, 0.1) is 57.9 Å². The molecule has 0 saturated heterocycles. The van der Waals surface area contributed by atoms with Gasteiger partial charge in [-0.3, -0.25) is 4.98 Å². The van der Waals surface area contributed by atoms with E-state index in [0.717, 1.165) is 0 Å². The number of thiophene rings is 1. The first-order valence-corrected chi connectivity index (χ1v) is 19.1. The van der Waals surface area contributed by atoms with Gasteiger partial charge >= 0.3 is 0 Å². The average molecular weight is 823 g/mol. The molecule has 3 heteroatoms. The topological polar surface area (TPSA) is 25.8 Å². The van der Waals surface area contributed by atoms with Crippen molar-refractivity contribution in [1.29, 1.82) is 0 Å². The van der Waals surface area contributed by atoms with E-state index in [1.165, 1.54) is 18.2 Å². The number of fused-ring (bicyclic) bond motifs is 6. The summed E-state index contributed by atoms with van der Waals surface area (Å²) in [6.07, 6.45) is -0.685. The summed E-state index contributed by atoms with van der Waals surface area (Å²) in [7, 11) is 0. The van der Waals surface area contributed by atoms with Crippen LogP contribution in [0.1, 0.15) is 41.1 Å². The minimum Gasteiger partial charge on any atom is -0.254 e. The fraction of sp³-hybridized carbons (Fsp3) is 0. The molecule has 2 nitrogen and oxygen atoms in total. The molecular formula is C58H36N2S. The van der Waals surface area contributed by atoms with Crippen molar-refractivity contribution in [3.8, 4) is 65.5 Å². The molecule has 0 aliphatic carbocycles. The first-order chi connectivity index (χ1) is 42.7. The molecule has 3 aromatic heterocycles. The van der Waals surface area contributed by atoms with Crippen LogP contribution in [0.2, 0.25) is 0 Å². The Morgan fingerprint density at radius 1 is 0.361 bits per heavy atom. The van der Waals surface area contributed by atoms with Gasteiger partial charge in [-0.15, -0.1) is 11.3 Å². The Labute approximate surface area is 399 Å². The second kappa shape index (κ2) is 14.5. The maximum absolute atomic E-state index is 9.83. The minimum atomic E-state index is -0.990. The van der Waals surface area contributed by atoms with E-state index in [0.29, 0.717) is 11.3 Å². The molecule has 61 heavy (non-hydrogen) atoms. The van der Waals surface area contributed by atoms with Crippen molar-refractivity contribution in [2.45, 2.75) is 0 Å². The van der Waals surface area contributed by atoms with Crippen LogP contribution in [0.15, 0.2) is 218 Å². The molecule has 0 spiro atoms. The highest BCUT2D eigenvalue weighted by Gasteiger charge is 2.27. The van der Waals surface area contributed by atoms with Crippen LogP contribution in [0.5, 0.6) is 0 Å². The van der Waals surface area contributed by atoms with Gasteiger partial charge in [-0.05, 0) is 66.7 Å². The summed E-state index contributed by atoms with van der Waals surface area (Å²) in [5.74, 6) is 0. The summed E-state index contributed by atoms with van der Waals surface area (Å²) in [6, 6.07) is -16.8. The Balaban J connectivity index is 1.36. The Bertz CT molecular complexity index is 5260. The Hall–Kier alpha value is -7.72. The van der Waals surface area contributed by atoms with Crippen LogP contribution in [0, 0.1) is 0 Å². The SMILES string of the molecule is [2H]c1nc2c(c([2H])c1[2H])c([2H])c([2H])c1c([2H])c([2H])c(-c3ccc(-c4sc(-c5c6c([2H])c([2H])c([2H])c([2H])c6c(-c6c([2H])c([2H])c([2H])c([2H])c6[2H])c6c([2H])c([2H])c([2H])c([2H])c56)c(-c5c([2H])c([2H])c([2H])c([2H])c5[2H])c4-c4c([2H])c([2H])c([2H])c([2H])c4[2H])c4ccccc34)nc12. The molecule has 9 aromatic carbocycles. The molecule has 0 unspecified atom stereocenters. The molecular weight excluding hydrogens is 757 g/mol. The number of nitrogens with zero attached hydrogens (tertiary/aromatic N) is 2. The fourth-order valence-electron chi connectivity index (χ4n) is 7.65. The van der Waals surface area contributed by atoms with Crippen molar-refractivity contribution in [3.63, 3.8) is 0 Å². The van der Waals surface area contributed by atoms with Gasteiger partial charge in [0.1, 0.15) is 0 Å². The molecule has 0 aliphatic rings. The van der Waals surface area contributed by atoms with Gasteiger partial charge in [0.2, 0.25) is 0 Å². The lowest BCUT2D eigenvalue weighted by molar-refractivity contribution is 1.37. The van der Waals surface area contributed by atoms with Gasteiger partial charge in [0.25, 0.3) is 0 Å². The monoisotopic (exact) mass is 822 g/mol. The van der Waals surface area contributed by atoms with Crippen LogP contribution in [-0.4, -0.2) is 9.97 Å². The molecule has 0 bridgehead atoms. The van der Waals surface area contributed by atoms with Crippen molar-refractivity contribution >= 4 is 65.5 Å². The zero-order chi connectivity index (χ0) is 66.4. The smallest absolute Gasteiger partial charge is 0.0972 e. The van der Waals surface area contributed by atoms with E-state index in [1.54, 1.807) is 18.2 Å². The average Bonchev–Trinajstić information content (AvgIpc) is 1.68. The summed E-state index contributed by atoms with van der Waals surface area (Å²) in [6.45, 7) is 0. The number of rotatable bonds is 6. The van der Waals surface area contributed by atoms with Gasteiger partial charge in [0, 0.05) is 54.5 Å². The number of benzene rings is 9. The summed E-state index contributed by atoms with van der Waals surface area (Å²) in [5.41, 5.74) is -5.35. The van der Waals surface area contributed by atoms with E-state index in [2.05, 4.69) is 4.98 Å². The summed E-state index contributed by atoms with van der Waals surface area (Å²) in [5, 5.41) is -3.10. The van der Waals surface area contributed by atoms with Gasteiger partial charge in [-0.1, -0.05) is 200 Å². The van der Waals surface area contributed by atoms with Crippen LogP contribution in [0.25, 0.3) is 120 Å². The van der Waals surface area contributed by atoms with Crippen molar-refractivity contribution < 1.29 is 41.1 Å². The van der Waals surface area contributed by atoms with E-state index in [4.69, 9.17) is 26.9 Å². The third-order valence-electron chi connectivity index (χ3n) is 10.1. The summed E-state index contributed by atoms with van der Waals surface area (Å²) in [4.78, 5) is 8.22. The predicted molar refractivity (Wildman–Crippen MR) is 260 cm³/mol. The number of pyridine rings is 2. The Kier molecular flexibility index (Phi) is 3.90. The van der Waals surface area contributed by atoms with Crippen molar-refractivity contribution in [1.82, 2.24) is 9.97 Å². The molecule has 0 radical (unpaired) electrons. The second-order valence-corrected chi connectivity index (χ2v) is 14.4. The Morgan fingerprint density at radius 2 is 0.836 bits per heavy atom. The highest BCUT2D eigenvalue weighted by atomic mass is 32.1. The van der Waals surface area contributed by atoms with Crippen LogP contribution < -0.4 is 0 Å². The van der Waals surface area contributed by atoms with E-state index in [9.17, 15) is 19.2 Å². The molecule has 0 saturated carbocycles. The zero-order valence-corrected chi connectivity index (χ0v) is 31.6. The molecule has 0 fully saturated rings. The maximum Gasteiger partial charge on any atom is 0.0972 e. The first-order valence-electron chi connectivity index (χ1n) is 33.3. The van der Waals surface area contributed by atoms with E-state index >= 15 is 0 Å². The molecule has 284 valence electrons. The molecule has 0 aliphatic heterocycles. The van der Waals surface area contributed by atoms with Gasteiger partial charge in [0.15, 0.2) is 0 Å². The van der Waals surface area contributed by atoms with Gasteiger partial charge < -0.3 is 0 Å². The summed E-state index contributed by atoms with van der Waals surface area (Å²) < 4.78 is 274. The molecule has 3 heterocycles. The standard InChI is InChI=1S/C58H36N2S/c1-4-17-37(18-5-1)51-45-26-12-14-28-47(45)54(48-29-15-13-27-46(48)51)58-53(39-21-8-3-9-22-39)52(38-19-6-2-7-20-38)57(61-58)49-34-33-44(42-24-10-11-25-43(42)49)50-35-32-41-31-30-40-23-16-36-59-55(40)56(41)60-50/h1-36H/i1D,2D,3D,4D,5D,6D,7D,8D,9D,12D,13D,14D,15D,16D,17D,18D,19D,20D,21D,22D,23D,26D,27D,28D,29D,30D,31D,32D,35D,36D. The van der Waals surface area contributed by atoms with Crippen molar-refractivity contribution in [2.24, 2.45) is 0 Å². The predicted octanol–water partition coefficient (Wildman–Crippen LogP) is 16.3. The lowest BCUT2D eigenvalue weighted by atomic mass is 9.85. The minimum absolute atomic E-state index is 0.0118. The second-order valence-electron chi connectivity index (χ2n) is 13.3. The molecule has 12 rings (SSSR count). The van der Waals surface area contributed by atoms with Gasteiger partial charge in [-0.2, -0.15) is 0 Å². The van der Waals surface area contributed by atoms with Crippen LogP contribution in [0.4, 0.5) is 0 Å². The van der Waals surface area contributed by atoms with Gasteiger partial charge in [-0.25, -0.2) is 4.98 Å². The van der Waals surface area contributed by atoms with Crippen LogP contribution in [-0.2, 0) is 0 Å². The first kappa shape index (κ1) is 16.4. The van der Waals surface area contributed by atoms with E-state index in [-0.39, 0.29) is 54.3 Å². The van der Waals surface area contributed by atoms with E-state index < -0.39 is 247 Å². The Morgan fingerprint density at radius 3 is 1.44 bits per heavy atom. The number of hydrogen-bond acceptors (Lipinski definition) is 3. The largest absolute Gasteiger partial charge is 0.254 e. The third-order valence-corrected chi connectivity index (χ3v) is 11.4. The quantitative estimate of drug-likeness (QED) is 0.123. The number of hydrogen-bond donors (Lipinski definition) is 0. The van der Waals surface area contributed by atoms with Crippen LogP contribution >= 0.6 is 11.3 Å². The molecule has 0 N–H and O–H groups in total. The maximum atomic E-state index is 9.83. The normalized spacial score (nSPS) is 18.5. The molecule has 12 aromatic rings. The lowest BCUT2D eigenvalue weighted by Crippen LogP contribution is -1.91. The molecule has 0 amide bonds. The van der Waals surface area contributed by atoms with Crippen LogP contribution in [0.3, 0.4) is 0 Å². The fourth-order valence-corrected chi connectivity index (χ4v) is 9.06. The molecule has 0 atom stereocenters. The zero-order valence-electron chi connectivity index (χ0n) is 60.8. The lowest BCUT2D eigenvalue weighted by Gasteiger charge is -2.18. The van der Waals surface area contributed by atoms with Crippen molar-refractivity contribution in [2.75, 3.05) is 0 Å². The van der Waals surface area contributed by atoms with Crippen molar-refractivity contribution in [3.05, 3.63) is 218 Å². The summed E-state index contributed by atoms with van der Waals surface area (Å²) >= 11 is 0.558. The highest BCUT2D eigenvalue weighted by Crippen LogP contribution is 2.56. The third kappa shape index (κ3) is 5.78.